The Morgan fingerprint density at radius 3 is 2.68 bits per heavy atom. The molecule has 1 atom stereocenters. The van der Waals surface area contributed by atoms with Gasteiger partial charge in [0.1, 0.15) is 0 Å². The van der Waals surface area contributed by atoms with E-state index in [1.807, 2.05) is 44.4 Å². The Kier molecular flexibility index (Phi) is 6.42. The van der Waals surface area contributed by atoms with Crippen molar-refractivity contribution in [3.63, 3.8) is 0 Å². The zero-order valence-electron chi connectivity index (χ0n) is 18.3. The predicted octanol–water partition coefficient (Wildman–Crippen LogP) is 4.02. The van der Waals surface area contributed by atoms with E-state index < -0.39 is 5.41 Å². The molecule has 1 aliphatic heterocycles. The molecule has 3 heterocycles. The summed E-state index contributed by atoms with van der Waals surface area (Å²) in [6.45, 7) is 7.07. The van der Waals surface area contributed by atoms with Gasteiger partial charge in [0.05, 0.1) is 11.1 Å². The number of hydrogen-bond acceptors (Lipinski definition) is 4. The van der Waals surface area contributed by atoms with Gasteiger partial charge >= 0.3 is 0 Å². The summed E-state index contributed by atoms with van der Waals surface area (Å²) in [7, 11) is 0. The summed E-state index contributed by atoms with van der Waals surface area (Å²) in [5.74, 6) is 0.156. The summed E-state index contributed by atoms with van der Waals surface area (Å²) >= 11 is 0. The van der Waals surface area contributed by atoms with E-state index in [4.69, 9.17) is 0 Å². The molecule has 3 aromatic rings. The number of pyridine rings is 2. The summed E-state index contributed by atoms with van der Waals surface area (Å²) < 4.78 is 0. The highest BCUT2D eigenvalue weighted by Gasteiger charge is 2.44. The van der Waals surface area contributed by atoms with Crippen LogP contribution in [0.3, 0.4) is 0 Å². The molecule has 0 radical (unpaired) electrons. The molecule has 0 aliphatic carbocycles. The van der Waals surface area contributed by atoms with Crippen LogP contribution in [0, 0.1) is 12.3 Å². The van der Waals surface area contributed by atoms with E-state index in [1.54, 1.807) is 0 Å². The molecule has 5 nitrogen and oxygen atoms in total. The molecular formula is C26H30N4O. The molecule has 1 N–H and O–H groups in total. The minimum atomic E-state index is -0.420. The molecular weight excluding hydrogens is 384 g/mol. The van der Waals surface area contributed by atoms with Crippen LogP contribution >= 0.6 is 0 Å². The topological polar surface area (TPSA) is 58.1 Å². The molecule has 0 bridgehead atoms. The van der Waals surface area contributed by atoms with Gasteiger partial charge in [0.2, 0.25) is 5.91 Å². The Labute approximate surface area is 184 Å². The van der Waals surface area contributed by atoms with Gasteiger partial charge in [0.25, 0.3) is 0 Å². The molecule has 31 heavy (non-hydrogen) atoms. The van der Waals surface area contributed by atoms with Crippen LogP contribution in [0.4, 0.5) is 0 Å². The van der Waals surface area contributed by atoms with E-state index in [0.29, 0.717) is 6.54 Å². The maximum Gasteiger partial charge on any atom is 0.227 e. The van der Waals surface area contributed by atoms with Crippen molar-refractivity contribution in [2.75, 3.05) is 19.6 Å². The maximum absolute atomic E-state index is 13.2. The average Bonchev–Trinajstić information content (AvgIpc) is 3.18. The van der Waals surface area contributed by atoms with E-state index in [9.17, 15) is 4.79 Å². The molecule has 160 valence electrons. The van der Waals surface area contributed by atoms with Crippen LogP contribution in [0.5, 0.6) is 0 Å². The Hall–Kier alpha value is -3.05. The summed E-state index contributed by atoms with van der Waals surface area (Å²) in [6.07, 6.45) is 5.21. The number of likely N-dealkylation sites (tertiary alicyclic amines) is 1. The minimum absolute atomic E-state index is 0.156. The Morgan fingerprint density at radius 2 is 1.90 bits per heavy atom. The third kappa shape index (κ3) is 5.00. The molecule has 4 rings (SSSR count). The lowest BCUT2D eigenvalue weighted by Gasteiger charge is -2.28. The SMILES string of the molecule is CCNC(=O)C1(Cc2cccc(-c3ccncc3)c2)CCN(Cc2cccc(C)n2)C1. The molecule has 1 saturated heterocycles. The van der Waals surface area contributed by atoms with Gasteiger partial charge < -0.3 is 5.32 Å². The average molecular weight is 415 g/mol. The van der Waals surface area contributed by atoms with Crippen LogP contribution in [0.1, 0.15) is 30.3 Å². The van der Waals surface area contributed by atoms with Gasteiger partial charge in [-0.2, -0.15) is 0 Å². The van der Waals surface area contributed by atoms with Crippen LogP contribution < -0.4 is 5.32 Å². The van der Waals surface area contributed by atoms with Crippen molar-refractivity contribution in [1.82, 2.24) is 20.2 Å². The number of carbonyl (C=O) groups excluding carboxylic acids is 1. The zero-order chi connectivity index (χ0) is 21.7. The molecule has 0 saturated carbocycles. The quantitative estimate of drug-likeness (QED) is 0.634. The summed E-state index contributed by atoms with van der Waals surface area (Å²) in [5.41, 5.74) is 5.16. The minimum Gasteiger partial charge on any atom is -0.356 e. The fourth-order valence-electron chi connectivity index (χ4n) is 4.56. The first-order valence-electron chi connectivity index (χ1n) is 11.0. The normalized spacial score (nSPS) is 18.8. The van der Waals surface area contributed by atoms with Crippen LogP contribution in [0.2, 0.25) is 0 Å². The third-order valence-electron chi connectivity index (χ3n) is 6.07. The van der Waals surface area contributed by atoms with Crippen molar-refractivity contribution in [3.05, 3.63) is 83.9 Å². The molecule has 1 unspecified atom stereocenters. The van der Waals surface area contributed by atoms with Crippen LogP contribution in [-0.4, -0.2) is 40.4 Å². The molecule has 1 fully saturated rings. The lowest BCUT2D eigenvalue weighted by molar-refractivity contribution is -0.130. The van der Waals surface area contributed by atoms with E-state index in [0.717, 1.165) is 55.0 Å². The smallest absolute Gasteiger partial charge is 0.227 e. The Bertz CT molecular complexity index is 1040. The van der Waals surface area contributed by atoms with Crippen LogP contribution in [-0.2, 0) is 17.8 Å². The molecule has 0 spiro atoms. The molecule has 1 aromatic carbocycles. The maximum atomic E-state index is 13.2. The number of hydrogen-bond donors (Lipinski definition) is 1. The lowest BCUT2D eigenvalue weighted by Crippen LogP contribution is -2.44. The predicted molar refractivity (Wildman–Crippen MR) is 123 cm³/mol. The van der Waals surface area contributed by atoms with Gasteiger partial charge in [0.15, 0.2) is 0 Å². The highest BCUT2D eigenvalue weighted by molar-refractivity contribution is 5.83. The standard InChI is InChI=1S/C26H30N4O/c1-3-28-25(31)26(12-15-30(19-26)18-24-9-4-6-20(2)29-24)17-21-7-5-8-23(16-21)22-10-13-27-14-11-22/h4-11,13-14,16H,3,12,15,17-19H2,1-2H3,(H,28,31). The molecule has 2 aromatic heterocycles. The van der Waals surface area contributed by atoms with Crippen molar-refractivity contribution in [3.8, 4) is 11.1 Å². The van der Waals surface area contributed by atoms with Crippen LogP contribution in [0.15, 0.2) is 67.0 Å². The van der Waals surface area contributed by atoms with Crippen molar-refractivity contribution in [2.24, 2.45) is 5.41 Å². The summed E-state index contributed by atoms with van der Waals surface area (Å²) in [4.78, 5) is 24.3. The second kappa shape index (κ2) is 9.40. The fraction of sp³-hybridized carbons (Fsp3) is 0.346. The number of nitrogens with one attached hydrogen (secondary N) is 1. The highest BCUT2D eigenvalue weighted by Crippen LogP contribution is 2.36. The van der Waals surface area contributed by atoms with Gasteiger partial charge in [-0.1, -0.05) is 30.3 Å². The van der Waals surface area contributed by atoms with Crippen molar-refractivity contribution < 1.29 is 4.79 Å². The number of aryl methyl sites for hydroxylation is 1. The number of amides is 1. The van der Waals surface area contributed by atoms with E-state index in [1.165, 1.54) is 5.56 Å². The molecule has 1 aliphatic rings. The lowest BCUT2D eigenvalue weighted by atomic mass is 9.79. The number of carbonyl (C=O) groups is 1. The molecule has 5 heteroatoms. The second-order valence-electron chi connectivity index (χ2n) is 8.48. The van der Waals surface area contributed by atoms with Gasteiger partial charge in [-0.15, -0.1) is 0 Å². The van der Waals surface area contributed by atoms with Gasteiger partial charge in [0, 0.05) is 37.7 Å². The van der Waals surface area contributed by atoms with Crippen molar-refractivity contribution in [1.29, 1.82) is 0 Å². The monoisotopic (exact) mass is 414 g/mol. The van der Waals surface area contributed by atoms with E-state index in [-0.39, 0.29) is 5.91 Å². The Morgan fingerprint density at radius 1 is 1.10 bits per heavy atom. The molecule has 1 amide bonds. The van der Waals surface area contributed by atoms with Gasteiger partial charge in [-0.3, -0.25) is 19.7 Å². The second-order valence-corrected chi connectivity index (χ2v) is 8.48. The Balaban J connectivity index is 1.55. The van der Waals surface area contributed by atoms with Crippen molar-refractivity contribution in [2.45, 2.75) is 33.2 Å². The number of rotatable bonds is 7. The highest BCUT2D eigenvalue weighted by atomic mass is 16.2. The zero-order valence-corrected chi connectivity index (χ0v) is 18.3. The largest absolute Gasteiger partial charge is 0.356 e. The van der Waals surface area contributed by atoms with Crippen molar-refractivity contribution >= 4 is 5.91 Å². The first-order valence-corrected chi connectivity index (χ1v) is 11.0. The van der Waals surface area contributed by atoms with E-state index in [2.05, 4.69) is 56.6 Å². The first-order chi connectivity index (χ1) is 15.1. The summed E-state index contributed by atoms with van der Waals surface area (Å²) in [6, 6.07) is 18.7. The van der Waals surface area contributed by atoms with Crippen LogP contribution in [0.25, 0.3) is 11.1 Å². The van der Waals surface area contributed by atoms with Gasteiger partial charge in [-0.05, 0) is 74.2 Å². The van der Waals surface area contributed by atoms with Gasteiger partial charge in [-0.25, -0.2) is 0 Å². The fourth-order valence-corrected chi connectivity index (χ4v) is 4.56. The number of aromatic nitrogens is 2. The first kappa shape index (κ1) is 21.2. The number of nitrogens with zero attached hydrogens (tertiary/aromatic N) is 3. The summed E-state index contributed by atoms with van der Waals surface area (Å²) in [5, 5.41) is 3.10. The number of benzene rings is 1. The van der Waals surface area contributed by atoms with E-state index >= 15 is 0 Å². The third-order valence-corrected chi connectivity index (χ3v) is 6.07.